The number of fused-ring (bicyclic) bond motifs is 4. The Hall–Kier alpha value is -9.84. The highest BCUT2D eigenvalue weighted by atomic mass is 32.2. The lowest BCUT2D eigenvalue weighted by Gasteiger charge is -2.39. The van der Waals surface area contributed by atoms with Crippen molar-refractivity contribution in [2.45, 2.75) is 55.4 Å². The molecule has 0 saturated heterocycles. The van der Waals surface area contributed by atoms with Gasteiger partial charge in [0.15, 0.2) is 46.8 Å². The summed E-state index contributed by atoms with van der Waals surface area (Å²) in [5.41, 5.74) is -8.51. The second-order valence-electron chi connectivity index (χ2n) is 21.8. The zero-order chi connectivity index (χ0) is 71.4. The van der Waals surface area contributed by atoms with Crippen LogP contribution in [0.1, 0.15) is 44.5 Å². The monoisotopic (exact) mass is 1450 g/mol. The number of anilines is 2. The van der Waals surface area contributed by atoms with E-state index in [1.807, 2.05) is 71.3 Å². The lowest BCUT2D eigenvalue weighted by Crippen LogP contribution is -2.58. The maximum absolute atomic E-state index is 14.8. The number of rotatable bonds is 22. The van der Waals surface area contributed by atoms with Gasteiger partial charge in [0.2, 0.25) is 13.6 Å². The molecule has 2 atom stereocenters. The third-order valence-corrected chi connectivity index (χ3v) is 18.9. The number of benzene rings is 8. The molecule has 4 aliphatic heterocycles. The van der Waals surface area contributed by atoms with Gasteiger partial charge in [-0.3, -0.25) is 13.3 Å². The van der Waals surface area contributed by atoms with Crippen LogP contribution in [-0.2, 0) is 79.0 Å². The van der Waals surface area contributed by atoms with E-state index < -0.39 is 79.0 Å². The van der Waals surface area contributed by atoms with Crippen LogP contribution in [0.4, 0.5) is 60.5 Å². The first-order valence-electron chi connectivity index (χ1n) is 29.5. The summed E-state index contributed by atoms with van der Waals surface area (Å²) in [4.78, 5) is 24.4. The summed E-state index contributed by atoms with van der Waals surface area (Å²) < 4.78 is 225. The molecule has 0 aromatic heterocycles. The van der Waals surface area contributed by atoms with Gasteiger partial charge in [-0.25, -0.2) is 9.59 Å². The van der Waals surface area contributed by atoms with Crippen LogP contribution in [0.5, 0.6) is 34.5 Å². The molecule has 8 aromatic rings. The van der Waals surface area contributed by atoms with Crippen molar-refractivity contribution in [2.75, 3.05) is 36.9 Å². The summed E-state index contributed by atoms with van der Waals surface area (Å²) in [6, 6.07) is 49.9. The molecular formula is C67H57F9N4O17P2S. The molecule has 0 saturated carbocycles. The first kappa shape index (κ1) is 72.9. The predicted molar refractivity (Wildman–Crippen MR) is 344 cm³/mol. The minimum atomic E-state index is -5.93. The zero-order valence-electron chi connectivity index (χ0n) is 51.6. The average molecular weight is 1460 g/mol. The fourth-order valence-electron chi connectivity index (χ4n) is 9.79. The summed E-state index contributed by atoms with van der Waals surface area (Å²) in [5, 5.41) is 18.3. The van der Waals surface area contributed by atoms with E-state index in [1.165, 1.54) is 66.7 Å². The number of ether oxygens (including phenoxy) is 5. The molecule has 4 amide bonds. The Bertz CT molecular complexity index is 4400. The highest BCUT2D eigenvalue weighted by Crippen LogP contribution is 2.54. The van der Waals surface area contributed by atoms with Crippen LogP contribution in [0.2, 0.25) is 0 Å². The number of alkyl halides is 9. The molecule has 0 bridgehead atoms. The van der Waals surface area contributed by atoms with Gasteiger partial charge in [0.1, 0.15) is 11.5 Å². The Morgan fingerprint density at radius 3 is 1.20 bits per heavy atom. The van der Waals surface area contributed by atoms with Crippen molar-refractivity contribution in [3.05, 3.63) is 251 Å². The van der Waals surface area contributed by atoms with Crippen molar-refractivity contribution in [3.63, 3.8) is 0 Å². The smallest absolute Gasteiger partial charge is 0.508 e. The average Bonchev–Trinajstić information content (AvgIpc) is 1.03. The van der Waals surface area contributed by atoms with Crippen LogP contribution >= 0.6 is 15.2 Å². The highest BCUT2D eigenvalue weighted by Gasteiger charge is 2.60. The van der Waals surface area contributed by atoms with Crippen molar-refractivity contribution in [2.24, 2.45) is 0 Å². The predicted octanol–water partition coefficient (Wildman–Crippen LogP) is 16.1. The fraction of sp³-hybridized carbons (Fsp3) is 0.194. The van der Waals surface area contributed by atoms with Gasteiger partial charge in [-0.05, 0) is 81.9 Å². The molecule has 100 heavy (non-hydrogen) atoms. The SMILES string of the molecule is O=C1Nc2cc3c(cc2[C@@](/C=C/c2cccc(O)c2)(C(F)(F)F)N1)OCO3.O=C1Nc2cc3c(cc2[C@@](/C=C/c2cccc(OCP(=O)(OCc4ccccc4)OCc4ccccc4)c2)(C(F)(F)F)N1)OCO3.O=P(COS(=O)(=O)C(F)(F)F)(OCc1ccccc1)OCc1ccccc1. The summed E-state index contributed by atoms with van der Waals surface area (Å²) >= 11 is 0. The summed E-state index contributed by atoms with van der Waals surface area (Å²) in [7, 11) is -14.1. The van der Waals surface area contributed by atoms with Crippen LogP contribution in [0.3, 0.4) is 0 Å². The second kappa shape index (κ2) is 30.7. The molecule has 0 spiro atoms. The lowest BCUT2D eigenvalue weighted by atomic mass is 9.85. The minimum Gasteiger partial charge on any atom is -0.508 e. The van der Waals surface area contributed by atoms with E-state index >= 15 is 0 Å². The Morgan fingerprint density at radius 2 is 0.830 bits per heavy atom. The molecule has 526 valence electrons. The van der Waals surface area contributed by atoms with Crippen LogP contribution in [0.15, 0.2) is 206 Å². The lowest BCUT2D eigenvalue weighted by molar-refractivity contribution is -0.182. The van der Waals surface area contributed by atoms with Crippen LogP contribution < -0.4 is 45.0 Å². The van der Waals surface area contributed by atoms with Crippen molar-refractivity contribution in [1.29, 1.82) is 0 Å². The number of phenolic OH excluding ortho intramolecular Hbond substituents is 1. The number of halogens is 9. The molecule has 4 aliphatic rings. The van der Waals surface area contributed by atoms with E-state index in [0.29, 0.717) is 22.3 Å². The van der Waals surface area contributed by atoms with Crippen LogP contribution in [-0.4, -0.2) is 69.7 Å². The van der Waals surface area contributed by atoms with E-state index in [9.17, 15) is 71.8 Å². The second-order valence-corrected chi connectivity index (χ2v) is 27.4. The van der Waals surface area contributed by atoms with Crippen LogP contribution in [0, 0.1) is 0 Å². The number of amides is 4. The Morgan fingerprint density at radius 1 is 0.470 bits per heavy atom. The van der Waals surface area contributed by atoms with Crippen molar-refractivity contribution < 1.29 is 118 Å². The highest BCUT2D eigenvalue weighted by molar-refractivity contribution is 7.87. The number of hydrogen-bond acceptors (Lipinski definition) is 17. The number of phenols is 1. The van der Waals surface area contributed by atoms with Gasteiger partial charge in [0.25, 0.3) is 0 Å². The van der Waals surface area contributed by atoms with E-state index in [-0.39, 0.29) is 97.0 Å². The quantitative estimate of drug-likeness (QED) is 0.0183. The third kappa shape index (κ3) is 18.1. The number of urea groups is 2. The van der Waals surface area contributed by atoms with Crippen LogP contribution in [0.25, 0.3) is 12.2 Å². The van der Waals surface area contributed by atoms with E-state index in [2.05, 4.69) is 14.8 Å². The number of aromatic hydroxyl groups is 1. The maximum Gasteiger partial charge on any atom is 0.523 e. The molecule has 12 rings (SSSR count). The van der Waals surface area contributed by atoms with E-state index in [0.717, 1.165) is 23.3 Å². The zero-order valence-corrected chi connectivity index (χ0v) is 54.2. The first-order valence-corrected chi connectivity index (χ1v) is 34.4. The molecule has 0 aliphatic carbocycles. The standard InChI is InChI=1S/C33H28F3N2O7P.C18H13F3N2O4.C16H16F3O6PS/c34-33(35,36)32(27-17-29-30(42-21-41-29)18-28(27)37-31(39)38-32)15-14-23-12-7-13-26(16-23)43-22-46(40,44-19-24-8-3-1-4-9-24)45-20-25-10-5-2-6-11-25;19-18(20,21)17(5-4-10-2-1-3-11(24)6-10)12-7-14-15(27-9-26-14)8-13(12)22-16(25)23-17;17-16(18,19)27(21,22)25-13-26(20,23-11-14-7-3-1-4-8-14)24-12-15-9-5-2-6-10-15/h1-18H,19-22H2,(H2,37,38,39);1-8,24H,9H2,(H2,22,23,25);1-10H,11-13H2/b15-14+;5-4+;/t32-;17-;/m00./s1. The maximum atomic E-state index is 14.8. The molecular weight excluding hydrogens is 1400 g/mol. The topological polar surface area (TPSA) is 263 Å². The molecule has 21 nitrogen and oxygen atoms in total. The number of carbonyl (C=O) groups excluding carboxylic acids is 2. The van der Waals surface area contributed by atoms with E-state index in [4.69, 9.17) is 41.8 Å². The molecule has 0 unspecified atom stereocenters. The fourth-order valence-corrected chi connectivity index (χ4v) is 13.1. The van der Waals surface area contributed by atoms with Crippen molar-refractivity contribution in [3.8, 4) is 34.5 Å². The molecule has 33 heteroatoms. The first-order chi connectivity index (χ1) is 47.5. The normalized spacial score (nSPS) is 17.1. The minimum absolute atomic E-state index is 0.0149. The number of nitrogens with one attached hydrogen (secondary N) is 4. The van der Waals surface area contributed by atoms with Gasteiger partial charge in [-0.1, -0.05) is 158 Å². The third-order valence-electron chi connectivity index (χ3n) is 14.8. The van der Waals surface area contributed by atoms with Crippen molar-refractivity contribution >= 4 is 60.9 Å². The molecule has 0 radical (unpaired) electrons. The Labute approximate surface area is 564 Å². The molecule has 4 heterocycles. The number of hydrogen-bond donors (Lipinski definition) is 5. The Balaban J connectivity index is 0.000000172. The van der Waals surface area contributed by atoms with Gasteiger partial charge >= 0.3 is 55.2 Å². The van der Waals surface area contributed by atoms with E-state index in [1.54, 1.807) is 78.9 Å². The largest absolute Gasteiger partial charge is 0.523 e. The van der Waals surface area contributed by atoms with Gasteiger partial charge in [0.05, 0.1) is 37.8 Å². The Kier molecular flexibility index (Phi) is 22.4. The van der Waals surface area contributed by atoms with Crippen molar-refractivity contribution in [1.82, 2.24) is 10.6 Å². The summed E-state index contributed by atoms with van der Waals surface area (Å²) in [5.74, 6) is 0.894. The van der Waals surface area contributed by atoms with Gasteiger partial charge in [-0.15, -0.1) is 0 Å². The summed E-state index contributed by atoms with van der Waals surface area (Å²) in [6.07, 6.45) is -7.50. The van der Waals surface area contributed by atoms with Gasteiger partial charge in [0, 0.05) is 23.3 Å². The van der Waals surface area contributed by atoms with Gasteiger partial charge in [-0.2, -0.15) is 47.9 Å². The number of carbonyl (C=O) groups is 2. The molecule has 5 N–H and O–H groups in total. The molecule has 8 aromatic carbocycles. The molecule has 0 fully saturated rings. The van der Waals surface area contributed by atoms with Gasteiger partial charge < -0.3 is 68.2 Å². The summed E-state index contributed by atoms with van der Waals surface area (Å²) in [6.45, 7) is -0.757.